The van der Waals surface area contributed by atoms with Gasteiger partial charge in [-0.2, -0.15) is 0 Å². The van der Waals surface area contributed by atoms with Gasteiger partial charge in [0, 0.05) is 31.3 Å². The van der Waals surface area contributed by atoms with E-state index in [1.165, 1.54) is 18.5 Å². The van der Waals surface area contributed by atoms with Gasteiger partial charge in [0.1, 0.15) is 5.60 Å². The average molecular weight is 412 g/mol. The van der Waals surface area contributed by atoms with Crippen molar-refractivity contribution in [1.29, 1.82) is 0 Å². The van der Waals surface area contributed by atoms with Crippen LogP contribution in [0.4, 0.5) is 0 Å². The fourth-order valence-corrected chi connectivity index (χ4v) is 5.60. The summed E-state index contributed by atoms with van der Waals surface area (Å²) >= 11 is 0. The highest BCUT2D eigenvalue weighted by molar-refractivity contribution is 5.50. The first-order valence-corrected chi connectivity index (χ1v) is 11.1. The molecule has 0 N–H and O–H groups in total. The normalized spacial score (nSPS) is 27.2. The van der Waals surface area contributed by atoms with E-state index in [1.54, 1.807) is 7.11 Å². The molecule has 162 valence electrons. The molecule has 6 nitrogen and oxygen atoms in total. The number of ether oxygens (including phenoxy) is 3. The molecule has 3 aliphatic rings. The summed E-state index contributed by atoms with van der Waals surface area (Å²) in [5.41, 5.74) is 2.38. The third-order valence-corrected chi connectivity index (χ3v) is 7.60. The Hall–Kier alpha value is -2.05. The van der Waals surface area contributed by atoms with Crippen LogP contribution in [-0.4, -0.2) is 46.9 Å². The number of aromatic nitrogens is 2. The minimum absolute atomic E-state index is 0.0805. The Labute approximate surface area is 179 Å². The fourth-order valence-electron chi connectivity index (χ4n) is 5.60. The highest BCUT2D eigenvalue weighted by Crippen LogP contribution is 2.57. The number of para-hydroxylation sites is 1. The molecule has 0 saturated carbocycles. The molecule has 0 unspecified atom stereocenters. The van der Waals surface area contributed by atoms with E-state index in [2.05, 4.69) is 41.4 Å². The zero-order chi connectivity index (χ0) is 20.9. The Balaban J connectivity index is 1.32. The second kappa shape index (κ2) is 7.27. The van der Waals surface area contributed by atoms with Crippen molar-refractivity contribution in [3.63, 3.8) is 0 Å². The number of nitrogens with zero attached hydrogens (tertiary/aromatic N) is 3. The van der Waals surface area contributed by atoms with Gasteiger partial charge in [-0.1, -0.05) is 12.1 Å². The lowest BCUT2D eigenvalue weighted by atomic mass is 9.64. The lowest BCUT2D eigenvalue weighted by molar-refractivity contribution is -0.175. The van der Waals surface area contributed by atoms with Crippen molar-refractivity contribution in [2.24, 2.45) is 18.4 Å². The topological polar surface area (TPSA) is 48.8 Å². The van der Waals surface area contributed by atoms with Gasteiger partial charge in [0.05, 0.1) is 31.8 Å². The van der Waals surface area contributed by atoms with E-state index in [4.69, 9.17) is 14.2 Å². The predicted octanol–water partition coefficient (Wildman–Crippen LogP) is 3.96. The van der Waals surface area contributed by atoms with Gasteiger partial charge in [0.15, 0.2) is 11.5 Å². The first-order chi connectivity index (χ1) is 14.4. The largest absolute Gasteiger partial charge is 0.493 e. The molecule has 1 aromatic heterocycles. The van der Waals surface area contributed by atoms with Crippen molar-refractivity contribution >= 4 is 0 Å². The second-order valence-corrected chi connectivity index (χ2v) is 9.90. The predicted molar refractivity (Wildman–Crippen MR) is 115 cm³/mol. The molecule has 1 aromatic carbocycles. The van der Waals surface area contributed by atoms with Crippen LogP contribution in [0, 0.1) is 11.3 Å². The first-order valence-electron chi connectivity index (χ1n) is 11.1. The highest BCUT2D eigenvalue weighted by Gasteiger charge is 2.53. The zero-order valence-corrected chi connectivity index (χ0v) is 18.6. The number of hydrogen-bond acceptors (Lipinski definition) is 5. The number of benzene rings is 1. The molecule has 2 saturated heterocycles. The molecular formula is C24H33N3O3. The van der Waals surface area contributed by atoms with E-state index in [9.17, 15) is 0 Å². The lowest BCUT2D eigenvalue weighted by Gasteiger charge is -2.54. The summed E-state index contributed by atoms with van der Waals surface area (Å²) in [5.74, 6) is 1.99. The molecule has 30 heavy (non-hydrogen) atoms. The standard InChI is InChI=1S/C24H33N3O3/c1-23(2)19-12-24(8-10-27(11-9-24)14-17-13-25-16-26(17)3)15-29-21(19)18-6-5-7-20(28-4)22(18)30-23/h5-7,13,16,19,21H,8-12,14-15H2,1-4H3/t19-,21+/m0/s1. The molecule has 0 aliphatic carbocycles. The van der Waals surface area contributed by atoms with Gasteiger partial charge >= 0.3 is 0 Å². The first kappa shape index (κ1) is 19.9. The van der Waals surface area contributed by atoms with Crippen LogP contribution >= 0.6 is 0 Å². The second-order valence-electron chi connectivity index (χ2n) is 9.90. The van der Waals surface area contributed by atoms with Crippen LogP contribution in [0.3, 0.4) is 0 Å². The van der Waals surface area contributed by atoms with Gasteiger partial charge in [0.2, 0.25) is 0 Å². The van der Waals surface area contributed by atoms with Crippen LogP contribution in [0.15, 0.2) is 30.7 Å². The maximum absolute atomic E-state index is 6.63. The summed E-state index contributed by atoms with van der Waals surface area (Å²) in [6.07, 6.45) is 7.45. The molecule has 2 aromatic rings. The molecular weight excluding hydrogens is 378 g/mol. The fraction of sp³-hybridized carbons (Fsp3) is 0.625. The van der Waals surface area contributed by atoms with Crippen LogP contribution in [0.5, 0.6) is 11.5 Å². The van der Waals surface area contributed by atoms with Crippen molar-refractivity contribution in [3.05, 3.63) is 42.0 Å². The average Bonchev–Trinajstić information content (AvgIpc) is 3.14. The Morgan fingerprint density at radius 3 is 2.73 bits per heavy atom. The van der Waals surface area contributed by atoms with Crippen molar-refractivity contribution in [2.45, 2.75) is 51.4 Å². The van der Waals surface area contributed by atoms with Crippen molar-refractivity contribution < 1.29 is 14.2 Å². The van der Waals surface area contributed by atoms with Crippen molar-refractivity contribution in [2.75, 3.05) is 26.8 Å². The number of rotatable bonds is 3. The summed E-state index contributed by atoms with van der Waals surface area (Å²) in [4.78, 5) is 6.81. The third kappa shape index (κ3) is 3.30. The van der Waals surface area contributed by atoms with Crippen LogP contribution < -0.4 is 9.47 Å². The number of aryl methyl sites for hydroxylation is 1. The minimum Gasteiger partial charge on any atom is -0.493 e. The molecule has 5 rings (SSSR count). The van der Waals surface area contributed by atoms with Crippen LogP contribution in [0.25, 0.3) is 0 Å². The summed E-state index contributed by atoms with van der Waals surface area (Å²) in [6, 6.07) is 6.15. The van der Waals surface area contributed by atoms with Crippen LogP contribution in [0.1, 0.15) is 50.5 Å². The molecule has 4 heterocycles. The molecule has 0 amide bonds. The maximum atomic E-state index is 6.63. The minimum atomic E-state index is -0.286. The molecule has 0 radical (unpaired) electrons. The molecule has 2 atom stereocenters. The van der Waals surface area contributed by atoms with Crippen LogP contribution in [-0.2, 0) is 18.3 Å². The van der Waals surface area contributed by atoms with E-state index in [0.29, 0.717) is 5.92 Å². The van der Waals surface area contributed by atoms with Crippen LogP contribution in [0.2, 0.25) is 0 Å². The van der Waals surface area contributed by atoms with E-state index in [-0.39, 0.29) is 17.1 Å². The SMILES string of the molecule is COc1cccc2c1OC(C)(C)[C@H]1CC3(CCN(Cc4cncn4C)CC3)CO[C@H]21. The Bertz CT molecular complexity index is 914. The third-order valence-electron chi connectivity index (χ3n) is 7.60. The van der Waals surface area contributed by atoms with Crippen molar-refractivity contribution in [3.8, 4) is 11.5 Å². The van der Waals surface area contributed by atoms with E-state index in [1.807, 2.05) is 24.7 Å². The number of fused-ring (bicyclic) bond motifs is 3. The number of imidazole rings is 1. The molecule has 6 heteroatoms. The van der Waals surface area contributed by atoms with E-state index < -0.39 is 0 Å². The smallest absolute Gasteiger partial charge is 0.167 e. The van der Waals surface area contributed by atoms with Crippen molar-refractivity contribution in [1.82, 2.24) is 14.5 Å². The Morgan fingerprint density at radius 2 is 2.03 bits per heavy atom. The molecule has 1 spiro atoms. The van der Waals surface area contributed by atoms with Gasteiger partial charge in [-0.05, 0) is 57.7 Å². The Morgan fingerprint density at radius 1 is 1.23 bits per heavy atom. The highest BCUT2D eigenvalue weighted by atomic mass is 16.5. The van der Waals surface area contributed by atoms with Gasteiger partial charge in [-0.3, -0.25) is 4.90 Å². The molecule has 3 aliphatic heterocycles. The number of likely N-dealkylation sites (tertiary alicyclic amines) is 1. The summed E-state index contributed by atoms with van der Waals surface area (Å²) in [7, 11) is 3.77. The summed E-state index contributed by atoms with van der Waals surface area (Å²) in [6.45, 7) is 8.44. The maximum Gasteiger partial charge on any atom is 0.167 e. The van der Waals surface area contributed by atoms with Gasteiger partial charge < -0.3 is 18.8 Å². The van der Waals surface area contributed by atoms with Gasteiger partial charge in [-0.15, -0.1) is 0 Å². The quantitative estimate of drug-likeness (QED) is 0.765. The Kier molecular flexibility index (Phi) is 4.82. The zero-order valence-electron chi connectivity index (χ0n) is 18.6. The van der Waals surface area contributed by atoms with Gasteiger partial charge in [0.25, 0.3) is 0 Å². The summed E-state index contributed by atoms with van der Waals surface area (Å²) < 4.78 is 20.8. The van der Waals surface area contributed by atoms with E-state index >= 15 is 0 Å². The number of hydrogen-bond donors (Lipinski definition) is 0. The van der Waals surface area contributed by atoms with E-state index in [0.717, 1.165) is 49.7 Å². The molecule has 0 bridgehead atoms. The molecule has 2 fully saturated rings. The monoisotopic (exact) mass is 411 g/mol. The number of methoxy groups -OCH3 is 1. The lowest BCUT2D eigenvalue weighted by Crippen LogP contribution is -2.54. The van der Waals surface area contributed by atoms with Gasteiger partial charge in [-0.25, -0.2) is 4.98 Å². The summed E-state index contributed by atoms with van der Waals surface area (Å²) in [5, 5.41) is 0. The number of piperidine rings is 1.